The van der Waals surface area contributed by atoms with Crippen molar-refractivity contribution < 1.29 is 8.42 Å². The molecular formula is C25H24N8O2S. The summed E-state index contributed by atoms with van der Waals surface area (Å²) in [5.74, 6) is 0. The Labute approximate surface area is 208 Å². The molecule has 0 bridgehead atoms. The number of hydrogen-bond donors (Lipinski definition) is 2. The lowest BCUT2D eigenvalue weighted by Crippen LogP contribution is -2.16. The largest absolute Gasteiger partial charge is 0.378 e. The van der Waals surface area contributed by atoms with Crippen LogP contribution in [0.15, 0.2) is 78.5 Å². The third kappa shape index (κ3) is 4.31. The van der Waals surface area contributed by atoms with E-state index < -0.39 is 10.0 Å². The first-order valence-corrected chi connectivity index (χ1v) is 12.5. The normalized spacial score (nSPS) is 11.5. The first-order chi connectivity index (χ1) is 17.2. The van der Waals surface area contributed by atoms with E-state index in [4.69, 9.17) is 5.41 Å². The summed E-state index contributed by atoms with van der Waals surface area (Å²) in [5, 5.41) is 11.8. The van der Waals surface area contributed by atoms with Gasteiger partial charge in [-0.2, -0.15) is 13.5 Å². The number of sulfonamides is 1. The summed E-state index contributed by atoms with van der Waals surface area (Å²) in [6.07, 6.45) is 9.13. The quantitative estimate of drug-likeness (QED) is 0.329. The van der Waals surface area contributed by atoms with Crippen molar-refractivity contribution in [2.24, 2.45) is 7.05 Å². The second kappa shape index (κ2) is 8.93. The molecule has 0 unspecified atom stereocenters. The molecule has 0 atom stereocenters. The molecule has 11 heteroatoms. The molecule has 0 fully saturated rings. The molecule has 182 valence electrons. The molecule has 10 nitrogen and oxygen atoms in total. The van der Waals surface area contributed by atoms with Crippen molar-refractivity contribution in [1.82, 2.24) is 24.1 Å². The van der Waals surface area contributed by atoms with Crippen molar-refractivity contribution in [3.63, 3.8) is 0 Å². The van der Waals surface area contributed by atoms with Gasteiger partial charge in [0.1, 0.15) is 11.3 Å². The van der Waals surface area contributed by atoms with E-state index in [-0.39, 0.29) is 16.4 Å². The van der Waals surface area contributed by atoms with Gasteiger partial charge in [-0.05, 0) is 41.5 Å². The minimum Gasteiger partial charge on any atom is -0.378 e. The second-order valence-corrected chi connectivity index (χ2v) is 10.1. The van der Waals surface area contributed by atoms with Gasteiger partial charge in [-0.25, -0.2) is 4.98 Å². The van der Waals surface area contributed by atoms with Crippen molar-refractivity contribution in [1.29, 1.82) is 5.41 Å². The lowest BCUT2D eigenvalue weighted by molar-refractivity contribution is 0.596. The second-order valence-electron chi connectivity index (χ2n) is 8.49. The average molecular weight is 501 g/mol. The summed E-state index contributed by atoms with van der Waals surface area (Å²) < 4.78 is 32.7. The summed E-state index contributed by atoms with van der Waals surface area (Å²) in [7, 11) is 1.68. The van der Waals surface area contributed by atoms with Crippen LogP contribution in [0.25, 0.3) is 27.9 Å². The molecule has 0 aliphatic heterocycles. The molecule has 0 saturated heterocycles. The number of nitrogens with one attached hydrogen (secondary N) is 2. The van der Waals surface area contributed by atoms with Crippen molar-refractivity contribution in [3.05, 3.63) is 79.1 Å². The predicted molar refractivity (Wildman–Crippen MR) is 140 cm³/mol. The molecule has 5 aromatic rings. The number of aromatic nitrogens is 5. The van der Waals surface area contributed by atoms with Crippen LogP contribution in [-0.2, 0) is 17.1 Å². The van der Waals surface area contributed by atoms with E-state index in [0.717, 1.165) is 28.6 Å². The topological polar surface area (TPSA) is 121 Å². The first-order valence-electron chi connectivity index (χ1n) is 11.0. The number of anilines is 2. The number of benzene rings is 1. The lowest BCUT2D eigenvalue weighted by atomic mass is 10.1. The fourth-order valence-corrected chi connectivity index (χ4v) is 5.03. The fraction of sp³-hybridized carbons (Fsp3) is 0.120. The van der Waals surface area contributed by atoms with Gasteiger partial charge in [-0.1, -0.05) is 12.1 Å². The Hall–Kier alpha value is -4.51. The van der Waals surface area contributed by atoms with E-state index in [0.29, 0.717) is 11.2 Å². The molecule has 2 N–H and O–H groups in total. The van der Waals surface area contributed by atoms with Crippen LogP contribution < -0.4 is 9.62 Å². The molecule has 0 aliphatic rings. The molecule has 4 aromatic heterocycles. The zero-order valence-electron chi connectivity index (χ0n) is 19.9. The number of imidazole rings is 1. The molecule has 4 heterocycles. The molecule has 0 radical (unpaired) electrons. The van der Waals surface area contributed by atoms with E-state index in [2.05, 4.69) is 19.8 Å². The molecule has 0 amide bonds. The van der Waals surface area contributed by atoms with Crippen LogP contribution >= 0.6 is 0 Å². The fourth-order valence-electron chi connectivity index (χ4n) is 3.88. The highest BCUT2D eigenvalue weighted by atomic mass is 32.2. The monoisotopic (exact) mass is 500 g/mol. The van der Waals surface area contributed by atoms with Crippen LogP contribution in [0.3, 0.4) is 0 Å². The zero-order valence-corrected chi connectivity index (χ0v) is 20.7. The van der Waals surface area contributed by atoms with Crippen LogP contribution in [0.2, 0.25) is 0 Å². The lowest BCUT2D eigenvalue weighted by Gasteiger charge is -2.13. The maximum atomic E-state index is 13.5. The van der Waals surface area contributed by atoms with Gasteiger partial charge in [0, 0.05) is 62.8 Å². The summed E-state index contributed by atoms with van der Waals surface area (Å²) in [5.41, 5.74) is 5.21. The Morgan fingerprint density at radius 3 is 2.33 bits per heavy atom. The molecule has 36 heavy (non-hydrogen) atoms. The third-order valence-electron chi connectivity index (χ3n) is 5.80. The summed E-state index contributed by atoms with van der Waals surface area (Å²) in [6, 6.07) is 13.3. The molecule has 0 aliphatic carbocycles. The number of aryl methyl sites for hydroxylation is 1. The predicted octanol–water partition coefficient (Wildman–Crippen LogP) is 3.66. The van der Waals surface area contributed by atoms with Gasteiger partial charge in [0.05, 0.1) is 18.1 Å². The van der Waals surface area contributed by atoms with Crippen LogP contribution in [0.5, 0.6) is 0 Å². The van der Waals surface area contributed by atoms with Gasteiger partial charge in [-0.3, -0.25) is 18.8 Å². The van der Waals surface area contributed by atoms with Crippen LogP contribution in [0, 0.1) is 5.41 Å². The Balaban J connectivity index is 1.53. The molecular weight excluding hydrogens is 476 g/mol. The van der Waals surface area contributed by atoms with Gasteiger partial charge in [0.2, 0.25) is 0 Å². The smallest absolute Gasteiger partial charge is 0.279 e. The van der Waals surface area contributed by atoms with Crippen LogP contribution in [0.1, 0.15) is 5.69 Å². The summed E-state index contributed by atoms with van der Waals surface area (Å²) >= 11 is 0. The number of pyridine rings is 2. The van der Waals surface area contributed by atoms with Gasteiger partial charge in [0.25, 0.3) is 10.0 Å². The highest BCUT2D eigenvalue weighted by Crippen LogP contribution is 2.27. The van der Waals surface area contributed by atoms with Crippen molar-refractivity contribution >= 4 is 33.3 Å². The van der Waals surface area contributed by atoms with Crippen molar-refractivity contribution in [2.45, 2.75) is 5.03 Å². The Morgan fingerprint density at radius 2 is 1.67 bits per heavy atom. The van der Waals surface area contributed by atoms with E-state index in [9.17, 15) is 8.42 Å². The molecule has 0 saturated carbocycles. The average Bonchev–Trinajstić information content (AvgIpc) is 3.50. The highest BCUT2D eigenvalue weighted by molar-refractivity contribution is 7.92. The van der Waals surface area contributed by atoms with Gasteiger partial charge < -0.3 is 10.3 Å². The molecule has 1 aromatic carbocycles. The Kier molecular flexibility index (Phi) is 5.77. The highest BCUT2D eigenvalue weighted by Gasteiger charge is 2.22. The SMILES string of the molecule is CN(C)c1ccc(-c2ccc3ncc(S(=O)(=O)Nc4cc(-c5cnn(C)c5)cnc4C=N)n3c2)cc1. The number of rotatable bonds is 7. The minimum absolute atomic E-state index is 0.0213. The van der Waals surface area contributed by atoms with E-state index >= 15 is 0 Å². The molecule has 0 spiro atoms. The standard InChI is InChI=1S/C25H24N8O2S/c1-31(2)21-7-4-17(5-8-21)18-6-9-24-28-14-25(33(24)16-18)36(34,35)30-22-10-19(12-27-23(22)11-26)20-13-29-32(3)15-20/h4-16,26,30H,1-3H3. The summed E-state index contributed by atoms with van der Waals surface area (Å²) in [6.45, 7) is 0. The maximum Gasteiger partial charge on any atom is 0.279 e. The summed E-state index contributed by atoms with van der Waals surface area (Å²) in [4.78, 5) is 10.5. The van der Waals surface area contributed by atoms with Gasteiger partial charge in [-0.15, -0.1) is 0 Å². The van der Waals surface area contributed by atoms with E-state index in [1.807, 2.05) is 49.3 Å². The van der Waals surface area contributed by atoms with E-state index in [1.165, 1.54) is 6.20 Å². The Bertz CT molecular complexity index is 1690. The van der Waals surface area contributed by atoms with Gasteiger partial charge in [0.15, 0.2) is 5.03 Å². The van der Waals surface area contributed by atoms with Gasteiger partial charge >= 0.3 is 0 Å². The number of nitrogens with zero attached hydrogens (tertiary/aromatic N) is 6. The van der Waals surface area contributed by atoms with Crippen molar-refractivity contribution in [2.75, 3.05) is 23.7 Å². The molecule has 5 rings (SSSR count). The number of hydrogen-bond acceptors (Lipinski definition) is 7. The van der Waals surface area contributed by atoms with E-state index in [1.54, 1.807) is 53.1 Å². The van der Waals surface area contributed by atoms with Crippen LogP contribution in [-0.4, -0.2) is 52.9 Å². The zero-order chi connectivity index (χ0) is 25.4. The first kappa shape index (κ1) is 23.2. The van der Waals surface area contributed by atoms with Crippen molar-refractivity contribution in [3.8, 4) is 22.3 Å². The van der Waals surface area contributed by atoms with Crippen LogP contribution in [0.4, 0.5) is 11.4 Å². The number of fused-ring (bicyclic) bond motifs is 1. The Morgan fingerprint density at radius 1 is 0.917 bits per heavy atom. The minimum atomic E-state index is -4.06. The third-order valence-corrected chi connectivity index (χ3v) is 7.14. The maximum absolute atomic E-state index is 13.5.